The summed E-state index contributed by atoms with van der Waals surface area (Å²) in [6.45, 7) is 9.97. The van der Waals surface area contributed by atoms with Crippen LogP contribution in [0.1, 0.15) is 68.5 Å². The van der Waals surface area contributed by atoms with Crippen molar-refractivity contribution < 1.29 is 4.79 Å². The van der Waals surface area contributed by atoms with Crippen LogP contribution in [0.4, 0.5) is 5.82 Å². The highest BCUT2D eigenvalue weighted by Crippen LogP contribution is 2.29. The van der Waals surface area contributed by atoms with Gasteiger partial charge in [0.1, 0.15) is 12.1 Å². The molecule has 140 valence electrons. The van der Waals surface area contributed by atoms with Crippen LogP contribution in [0.3, 0.4) is 0 Å². The molecule has 2 aromatic heterocycles. The summed E-state index contributed by atoms with van der Waals surface area (Å²) in [6.07, 6.45) is 7.16. The van der Waals surface area contributed by atoms with Gasteiger partial charge in [0.2, 0.25) is 0 Å². The Morgan fingerprint density at radius 1 is 1.23 bits per heavy atom. The number of hydrogen-bond acceptors (Lipinski definition) is 6. The molecule has 1 aliphatic rings. The molecular formula is C18H27N7O. The first-order chi connectivity index (χ1) is 12.5. The zero-order valence-corrected chi connectivity index (χ0v) is 15.9. The van der Waals surface area contributed by atoms with Crippen molar-refractivity contribution in [1.82, 2.24) is 30.3 Å². The lowest BCUT2D eigenvalue weighted by atomic mass is 10.0. The molecular weight excluding hydrogens is 330 g/mol. The smallest absolute Gasteiger partial charge is 0.273 e. The quantitative estimate of drug-likeness (QED) is 0.882. The predicted molar refractivity (Wildman–Crippen MR) is 99.2 cm³/mol. The Balaban J connectivity index is 1.64. The standard InChI is InChI=1S/C18H27N7O/c1-12(2)15-9-19-11-20-17(15)24-7-5-14(6-8-24)25-10-16(22-23-25)18(26)21-13(3)4/h9-14H,5-8H2,1-4H3,(H,21,26). The minimum atomic E-state index is -0.175. The topological polar surface area (TPSA) is 88.8 Å². The Morgan fingerprint density at radius 2 is 1.96 bits per heavy atom. The molecule has 0 saturated carbocycles. The molecule has 1 fully saturated rings. The summed E-state index contributed by atoms with van der Waals surface area (Å²) in [6, 6.07) is 0.336. The van der Waals surface area contributed by atoms with Crippen molar-refractivity contribution in [2.75, 3.05) is 18.0 Å². The third kappa shape index (κ3) is 4.00. The molecule has 8 heteroatoms. The fraction of sp³-hybridized carbons (Fsp3) is 0.611. The molecule has 26 heavy (non-hydrogen) atoms. The van der Waals surface area contributed by atoms with Crippen LogP contribution in [0, 0.1) is 0 Å². The number of piperidine rings is 1. The Labute approximate surface area is 154 Å². The summed E-state index contributed by atoms with van der Waals surface area (Å²) >= 11 is 0. The Morgan fingerprint density at radius 3 is 2.62 bits per heavy atom. The van der Waals surface area contributed by atoms with Crippen molar-refractivity contribution in [1.29, 1.82) is 0 Å². The number of carbonyl (C=O) groups excluding carboxylic acids is 1. The zero-order valence-electron chi connectivity index (χ0n) is 15.9. The van der Waals surface area contributed by atoms with Crippen molar-refractivity contribution in [3.05, 3.63) is 30.0 Å². The van der Waals surface area contributed by atoms with Gasteiger partial charge < -0.3 is 10.2 Å². The van der Waals surface area contributed by atoms with Crippen LogP contribution in [0.25, 0.3) is 0 Å². The summed E-state index contributed by atoms with van der Waals surface area (Å²) in [4.78, 5) is 23.0. The number of carbonyl (C=O) groups is 1. The molecule has 8 nitrogen and oxygen atoms in total. The van der Waals surface area contributed by atoms with E-state index in [4.69, 9.17) is 0 Å². The molecule has 1 N–H and O–H groups in total. The largest absolute Gasteiger partial charge is 0.356 e. The second-order valence-corrected chi connectivity index (χ2v) is 7.39. The molecule has 1 amide bonds. The molecule has 0 spiro atoms. The lowest BCUT2D eigenvalue weighted by Gasteiger charge is -2.34. The van der Waals surface area contributed by atoms with Gasteiger partial charge in [-0.3, -0.25) is 4.79 Å². The average Bonchev–Trinajstić information content (AvgIpc) is 3.11. The molecule has 3 rings (SSSR count). The molecule has 3 heterocycles. The second-order valence-electron chi connectivity index (χ2n) is 7.39. The lowest BCUT2D eigenvalue weighted by Crippen LogP contribution is -2.36. The monoisotopic (exact) mass is 357 g/mol. The fourth-order valence-corrected chi connectivity index (χ4v) is 3.24. The lowest BCUT2D eigenvalue weighted by molar-refractivity contribution is 0.0938. The van der Waals surface area contributed by atoms with Gasteiger partial charge in [0.25, 0.3) is 5.91 Å². The molecule has 2 aromatic rings. The van der Waals surface area contributed by atoms with Gasteiger partial charge in [0, 0.05) is 30.9 Å². The van der Waals surface area contributed by atoms with E-state index in [0.29, 0.717) is 11.6 Å². The van der Waals surface area contributed by atoms with Crippen LogP contribution in [0.5, 0.6) is 0 Å². The summed E-state index contributed by atoms with van der Waals surface area (Å²) in [5.41, 5.74) is 1.55. The minimum Gasteiger partial charge on any atom is -0.356 e. The number of aromatic nitrogens is 5. The zero-order chi connectivity index (χ0) is 18.7. The molecule has 0 unspecified atom stereocenters. The number of anilines is 1. The van der Waals surface area contributed by atoms with Gasteiger partial charge in [-0.1, -0.05) is 19.1 Å². The third-order valence-corrected chi connectivity index (χ3v) is 4.64. The summed E-state index contributed by atoms with van der Waals surface area (Å²) in [7, 11) is 0. The van der Waals surface area contributed by atoms with E-state index in [9.17, 15) is 4.79 Å². The van der Waals surface area contributed by atoms with E-state index in [1.165, 1.54) is 5.56 Å². The van der Waals surface area contributed by atoms with Gasteiger partial charge in [0.15, 0.2) is 5.69 Å². The SMILES string of the molecule is CC(C)NC(=O)c1cn(C2CCN(c3ncncc3C(C)C)CC2)nn1. The third-order valence-electron chi connectivity index (χ3n) is 4.64. The van der Waals surface area contributed by atoms with Crippen LogP contribution < -0.4 is 10.2 Å². The average molecular weight is 357 g/mol. The van der Waals surface area contributed by atoms with E-state index in [0.717, 1.165) is 31.7 Å². The second kappa shape index (κ2) is 7.80. The molecule has 1 aliphatic heterocycles. The maximum atomic E-state index is 12.0. The van der Waals surface area contributed by atoms with Gasteiger partial charge in [-0.15, -0.1) is 5.10 Å². The highest BCUT2D eigenvalue weighted by Gasteiger charge is 2.25. The predicted octanol–water partition coefficient (Wildman–Crippen LogP) is 2.17. The fourth-order valence-electron chi connectivity index (χ4n) is 3.24. The van der Waals surface area contributed by atoms with E-state index < -0.39 is 0 Å². The van der Waals surface area contributed by atoms with Crippen LogP contribution >= 0.6 is 0 Å². The van der Waals surface area contributed by atoms with Crippen LogP contribution in [-0.2, 0) is 0 Å². The number of nitrogens with one attached hydrogen (secondary N) is 1. The van der Waals surface area contributed by atoms with E-state index in [1.807, 2.05) is 24.7 Å². The highest BCUT2D eigenvalue weighted by atomic mass is 16.2. The molecule has 0 bridgehead atoms. The van der Waals surface area contributed by atoms with Crippen LogP contribution in [0.2, 0.25) is 0 Å². The van der Waals surface area contributed by atoms with E-state index in [2.05, 4.69) is 44.3 Å². The number of rotatable bonds is 5. The first-order valence-electron chi connectivity index (χ1n) is 9.23. The van der Waals surface area contributed by atoms with Crippen LogP contribution in [0.15, 0.2) is 18.7 Å². The van der Waals surface area contributed by atoms with Crippen molar-refractivity contribution in [2.45, 2.75) is 58.5 Å². The first kappa shape index (κ1) is 18.3. The molecule has 0 atom stereocenters. The van der Waals surface area contributed by atoms with E-state index in [-0.39, 0.29) is 18.0 Å². The van der Waals surface area contributed by atoms with Crippen LogP contribution in [-0.4, -0.2) is 50.0 Å². The van der Waals surface area contributed by atoms with Gasteiger partial charge in [0.05, 0.1) is 12.2 Å². The minimum absolute atomic E-state index is 0.0823. The molecule has 0 radical (unpaired) electrons. The first-order valence-corrected chi connectivity index (χ1v) is 9.23. The highest BCUT2D eigenvalue weighted by molar-refractivity contribution is 5.91. The number of nitrogens with zero attached hydrogens (tertiary/aromatic N) is 6. The van der Waals surface area contributed by atoms with Crippen molar-refractivity contribution >= 4 is 11.7 Å². The molecule has 1 saturated heterocycles. The Kier molecular flexibility index (Phi) is 5.49. The molecule has 0 aromatic carbocycles. The van der Waals surface area contributed by atoms with Gasteiger partial charge in [-0.25, -0.2) is 14.6 Å². The normalized spacial score (nSPS) is 15.7. The van der Waals surface area contributed by atoms with Crippen molar-refractivity contribution in [3.63, 3.8) is 0 Å². The summed E-state index contributed by atoms with van der Waals surface area (Å²) in [5.74, 6) is 1.25. The summed E-state index contributed by atoms with van der Waals surface area (Å²) in [5, 5.41) is 11.0. The van der Waals surface area contributed by atoms with Gasteiger partial charge in [-0.2, -0.15) is 0 Å². The van der Waals surface area contributed by atoms with Gasteiger partial charge >= 0.3 is 0 Å². The van der Waals surface area contributed by atoms with Crippen molar-refractivity contribution in [2.24, 2.45) is 0 Å². The van der Waals surface area contributed by atoms with E-state index >= 15 is 0 Å². The maximum Gasteiger partial charge on any atom is 0.273 e. The van der Waals surface area contributed by atoms with Crippen molar-refractivity contribution in [3.8, 4) is 0 Å². The van der Waals surface area contributed by atoms with E-state index in [1.54, 1.807) is 12.5 Å². The maximum absolute atomic E-state index is 12.0. The van der Waals surface area contributed by atoms with Gasteiger partial charge in [-0.05, 0) is 32.6 Å². The Bertz CT molecular complexity index is 748. The number of amides is 1. The summed E-state index contributed by atoms with van der Waals surface area (Å²) < 4.78 is 1.83. The number of hydrogen-bond donors (Lipinski definition) is 1. The Hall–Kier alpha value is -2.51. The molecule has 0 aliphatic carbocycles.